The molecule has 0 unspecified atom stereocenters. The highest BCUT2D eigenvalue weighted by Crippen LogP contribution is 2.21. The van der Waals surface area contributed by atoms with Gasteiger partial charge < -0.3 is 4.74 Å². The summed E-state index contributed by atoms with van der Waals surface area (Å²) < 4.78 is 4.81. The number of carbonyl (C=O) groups excluding carboxylic acids is 1. The third-order valence-corrected chi connectivity index (χ3v) is 2.26. The summed E-state index contributed by atoms with van der Waals surface area (Å²) in [7, 11) is 0. The lowest BCUT2D eigenvalue weighted by Crippen LogP contribution is -2.19. The number of nitrogens with zero attached hydrogens (tertiary/aromatic N) is 2. The van der Waals surface area contributed by atoms with Crippen molar-refractivity contribution in [3.05, 3.63) is 28.0 Å². The van der Waals surface area contributed by atoms with Gasteiger partial charge >= 0.3 is 5.97 Å². The van der Waals surface area contributed by atoms with Crippen molar-refractivity contribution < 1.29 is 9.53 Å². The number of cyclic esters (lactones) is 1. The molecule has 4 nitrogen and oxygen atoms in total. The average Bonchev–Trinajstić information content (AvgIpc) is 2.17. The fraction of sp³-hybridized carbons (Fsp3) is 0.222. The molecule has 2 heterocycles. The molecule has 1 aliphatic heterocycles. The minimum Gasteiger partial charge on any atom is -0.462 e. The van der Waals surface area contributed by atoms with Crippen molar-refractivity contribution in [2.75, 3.05) is 6.61 Å². The molecule has 0 saturated heterocycles. The second-order valence-electron chi connectivity index (χ2n) is 2.82. The Labute approximate surface area is 85.1 Å². The zero-order chi connectivity index (χ0) is 10.1. The third-order valence-electron chi connectivity index (χ3n) is 1.97. The lowest BCUT2D eigenvalue weighted by molar-refractivity contribution is 0.0477. The normalized spacial score (nSPS) is 14.1. The number of pyridine rings is 1. The van der Waals surface area contributed by atoms with E-state index in [2.05, 4.69) is 4.98 Å². The highest BCUT2D eigenvalue weighted by atomic mass is 35.5. The van der Waals surface area contributed by atoms with Crippen molar-refractivity contribution in [2.24, 2.45) is 0 Å². The predicted octanol–water partition coefficient (Wildman–Crippen LogP) is 1.32. The summed E-state index contributed by atoms with van der Waals surface area (Å²) in [6.45, 7) is 0.320. The van der Waals surface area contributed by atoms with Gasteiger partial charge in [-0.2, -0.15) is 5.26 Å². The first-order valence-electron chi connectivity index (χ1n) is 3.99. The topological polar surface area (TPSA) is 63.0 Å². The van der Waals surface area contributed by atoms with E-state index < -0.39 is 5.97 Å². The summed E-state index contributed by atoms with van der Waals surface area (Å²) in [5, 5.41) is 8.82. The van der Waals surface area contributed by atoms with Gasteiger partial charge in [-0.3, -0.25) is 0 Å². The zero-order valence-corrected chi connectivity index (χ0v) is 7.84. The molecule has 0 amide bonds. The Morgan fingerprint density at radius 2 is 2.43 bits per heavy atom. The molecule has 0 aromatic carbocycles. The van der Waals surface area contributed by atoms with E-state index in [0.29, 0.717) is 24.3 Å². The molecule has 0 radical (unpaired) electrons. The standard InChI is InChI=1S/C9H5ClN2O2/c10-8-5(4-11)3-6-7(12-8)1-2-14-9(6)13/h3H,1-2H2. The highest BCUT2D eigenvalue weighted by Gasteiger charge is 2.21. The van der Waals surface area contributed by atoms with E-state index in [0.717, 1.165) is 0 Å². The molecular formula is C9H5ClN2O2. The summed E-state index contributed by atoms with van der Waals surface area (Å²) in [5.41, 5.74) is 1.15. The number of carbonyl (C=O) groups is 1. The summed E-state index contributed by atoms with van der Waals surface area (Å²) in [6, 6.07) is 3.29. The van der Waals surface area contributed by atoms with Crippen molar-refractivity contribution in [2.45, 2.75) is 6.42 Å². The number of esters is 1. The minimum atomic E-state index is -0.438. The number of ether oxygens (including phenoxy) is 1. The zero-order valence-electron chi connectivity index (χ0n) is 7.08. The Morgan fingerprint density at radius 1 is 1.64 bits per heavy atom. The number of fused-ring (bicyclic) bond motifs is 1. The van der Waals surface area contributed by atoms with Crippen LogP contribution in [0.1, 0.15) is 21.6 Å². The Kier molecular flexibility index (Phi) is 2.10. The summed E-state index contributed by atoms with van der Waals surface area (Å²) in [4.78, 5) is 15.2. The molecule has 1 aromatic rings. The summed E-state index contributed by atoms with van der Waals surface area (Å²) in [5.74, 6) is -0.438. The summed E-state index contributed by atoms with van der Waals surface area (Å²) >= 11 is 5.72. The van der Waals surface area contributed by atoms with Gasteiger partial charge in [0.25, 0.3) is 0 Å². The van der Waals surface area contributed by atoms with E-state index in [1.165, 1.54) is 6.07 Å². The van der Waals surface area contributed by atoms with Crippen LogP contribution in [0.2, 0.25) is 5.15 Å². The fourth-order valence-corrected chi connectivity index (χ4v) is 1.49. The van der Waals surface area contributed by atoms with Crippen molar-refractivity contribution in [1.29, 1.82) is 5.26 Å². The molecule has 1 aliphatic rings. The number of rotatable bonds is 0. The van der Waals surface area contributed by atoms with Crippen LogP contribution in [0.4, 0.5) is 0 Å². The molecule has 70 valence electrons. The minimum absolute atomic E-state index is 0.140. The van der Waals surface area contributed by atoms with E-state index in [-0.39, 0.29) is 10.7 Å². The van der Waals surface area contributed by atoms with E-state index in [1.807, 2.05) is 6.07 Å². The first kappa shape index (κ1) is 8.97. The van der Waals surface area contributed by atoms with Crippen LogP contribution in [0.5, 0.6) is 0 Å². The Hall–Kier alpha value is -1.60. The number of aromatic nitrogens is 1. The van der Waals surface area contributed by atoms with Crippen molar-refractivity contribution in [3.8, 4) is 6.07 Å². The molecule has 0 spiro atoms. The maximum absolute atomic E-state index is 11.3. The van der Waals surface area contributed by atoms with Crippen molar-refractivity contribution in [1.82, 2.24) is 4.98 Å². The van der Waals surface area contributed by atoms with E-state index in [1.54, 1.807) is 0 Å². The number of nitriles is 1. The van der Waals surface area contributed by atoms with Crippen LogP contribution in [0.3, 0.4) is 0 Å². The van der Waals surface area contributed by atoms with Crippen LogP contribution in [0, 0.1) is 11.3 Å². The number of halogens is 1. The Balaban J connectivity index is 2.62. The summed E-state index contributed by atoms with van der Waals surface area (Å²) in [6.07, 6.45) is 0.548. The molecule has 0 atom stereocenters. The second kappa shape index (κ2) is 3.28. The molecule has 2 rings (SSSR count). The SMILES string of the molecule is N#Cc1cc2c(nc1Cl)CCOC2=O. The maximum Gasteiger partial charge on any atom is 0.340 e. The molecule has 5 heteroatoms. The molecule has 0 aliphatic carbocycles. The third kappa shape index (κ3) is 1.32. The molecule has 0 fully saturated rings. The van der Waals surface area contributed by atoms with Crippen LogP contribution in [-0.4, -0.2) is 17.6 Å². The van der Waals surface area contributed by atoms with Crippen LogP contribution < -0.4 is 0 Å². The van der Waals surface area contributed by atoms with E-state index >= 15 is 0 Å². The molecule has 1 aromatic heterocycles. The van der Waals surface area contributed by atoms with E-state index in [4.69, 9.17) is 21.6 Å². The lowest BCUT2D eigenvalue weighted by atomic mass is 10.1. The van der Waals surface area contributed by atoms with Gasteiger partial charge in [0.05, 0.1) is 23.4 Å². The van der Waals surface area contributed by atoms with Gasteiger partial charge in [0.15, 0.2) is 0 Å². The molecule has 0 saturated carbocycles. The lowest BCUT2D eigenvalue weighted by Gasteiger charge is -2.14. The van der Waals surface area contributed by atoms with Gasteiger partial charge in [-0.1, -0.05) is 11.6 Å². The van der Waals surface area contributed by atoms with Gasteiger partial charge in [-0.25, -0.2) is 9.78 Å². The quantitative estimate of drug-likeness (QED) is 0.477. The first-order chi connectivity index (χ1) is 6.72. The fourth-order valence-electron chi connectivity index (χ4n) is 1.29. The molecule has 14 heavy (non-hydrogen) atoms. The maximum atomic E-state index is 11.3. The van der Waals surface area contributed by atoms with E-state index in [9.17, 15) is 4.79 Å². The first-order valence-corrected chi connectivity index (χ1v) is 4.37. The largest absolute Gasteiger partial charge is 0.462 e. The number of hydrogen-bond acceptors (Lipinski definition) is 4. The average molecular weight is 209 g/mol. The Morgan fingerprint density at radius 3 is 3.14 bits per heavy atom. The van der Waals surface area contributed by atoms with Gasteiger partial charge in [0, 0.05) is 6.42 Å². The van der Waals surface area contributed by atoms with Crippen LogP contribution in [0.25, 0.3) is 0 Å². The highest BCUT2D eigenvalue weighted by molar-refractivity contribution is 6.30. The monoisotopic (exact) mass is 208 g/mol. The van der Waals surface area contributed by atoms with Crippen molar-refractivity contribution in [3.63, 3.8) is 0 Å². The Bertz CT molecular complexity index is 451. The second-order valence-corrected chi connectivity index (χ2v) is 3.18. The van der Waals surface area contributed by atoms with Crippen LogP contribution in [-0.2, 0) is 11.2 Å². The van der Waals surface area contributed by atoms with Crippen LogP contribution >= 0.6 is 11.6 Å². The number of hydrogen-bond donors (Lipinski definition) is 0. The van der Waals surface area contributed by atoms with Gasteiger partial charge in [-0.05, 0) is 6.07 Å². The van der Waals surface area contributed by atoms with Crippen molar-refractivity contribution >= 4 is 17.6 Å². The van der Waals surface area contributed by atoms with Crippen LogP contribution in [0.15, 0.2) is 6.07 Å². The smallest absolute Gasteiger partial charge is 0.340 e. The molecule has 0 N–H and O–H groups in total. The van der Waals surface area contributed by atoms with Gasteiger partial charge in [0.1, 0.15) is 11.2 Å². The van der Waals surface area contributed by atoms with Gasteiger partial charge in [-0.15, -0.1) is 0 Å². The predicted molar refractivity (Wildman–Crippen MR) is 47.9 cm³/mol. The molecule has 0 bridgehead atoms. The van der Waals surface area contributed by atoms with Gasteiger partial charge in [0.2, 0.25) is 0 Å². The molecular weight excluding hydrogens is 204 g/mol.